The Balaban J connectivity index is 1.65. The average molecular weight is 409 g/mol. The van der Waals surface area contributed by atoms with E-state index in [-0.39, 0.29) is 10.5 Å². The monoisotopic (exact) mass is 408 g/mol. The van der Waals surface area contributed by atoms with Gasteiger partial charge in [0.2, 0.25) is 8.32 Å². The van der Waals surface area contributed by atoms with Gasteiger partial charge in [-0.05, 0) is 90.9 Å². The van der Waals surface area contributed by atoms with Gasteiger partial charge >= 0.3 is 0 Å². The van der Waals surface area contributed by atoms with Crippen molar-refractivity contribution in [2.45, 2.75) is 83.5 Å². The third-order valence-electron chi connectivity index (χ3n) is 8.74. The van der Waals surface area contributed by atoms with Crippen LogP contribution in [0.25, 0.3) is 5.57 Å². The summed E-state index contributed by atoms with van der Waals surface area (Å²) in [4.78, 5) is 0. The van der Waals surface area contributed by atoms with Gasteiger partial charge in [0, 0.05) is 5.41 Å². The number of benzene rings is 1. The average Bonchev–Trinajstić information content (AvgIpc) is 2.92. The minimum atomic E-state index is -1.83. The van der Waals surface area contributed by atoms with Gasteiger partial charge in [-0.15, -0.1) is 6.42 Å². The third-order valence-corrected chi connectivity index (χ3v) is 13.1. The summed E-state index contributed by atoms with van der Waals surface area (Å²) in [6.45, 7) is 13.7. The molecule has 1 aromatic carbocycles. The van der Waals surface area contributed by atoms with Crippen LogP contribution in [0.3, 0.4) is 0 Å². The third kappa shape index (κ3) is 3.03. The zero-order valence-electron chi connectivity index (χ0n) is 18.9. The van der Waals surface area contributed by atoms with Crippen molar-refractivity contribution in [2.24, 2.45) is 17.3 Å². The summed E-state index contributed by atoms with van der Waals surface area (Å²) in [6, 6.07) is 6.73. The molecule has 0 spiro atoms. The predicted molar refractivity (Wildman–Crippen MR) is 123 cm³/mol. The van der Waals surface area contributed by atoms with E-state index in [2.05, 4.69) is 71.0 Å². The van der Waals surface area contributed by atoms with E-state index in [0.717, 1.165) is 37.9 Å². The summed E-state index contributed by atoms with van der Waals surface area (Å²) < 4.78 is 6.56. The first kappa shape index (κ1) is 20.8. The molecule has 1 N–H and O–H groups in total. The van der Waals surface area contributed by atoms with E-state index in [1.165, 1.54) is 16.7 Å². The number of aryl methyl sites for hydroxylation is 1. The molecule has 4 atom stereocenters. The number of hydrogen-bond donors (Lipinski definition) is 1. The fourth-order valence-corrected chi connectivity index (χ4v) is 6.74. The van der Waals surface area contributed by atoms with E-state index in [1.54, 1.807) is 0 Å². The first-order valence-electron chi connectivity index (χ1n) is 11.1. The Morgan fingerprint density at radius 1 is 1.24 bits per heavy atom. The maximum Gasteiger partial charge on any atom is 0.250 e. The zero-order chi connectivity index (χ0) is 21.2. The van der Waals surface area contributed by atoms with Crippen molar-refractivity contribution in [1.82, 2.24) is 0 Å². The summed E-state index contributed by atoms with van der Waals surface area (Å²) in [5.41, 5.74) is 3.13. The molecule has 1 saturated carbocycles. The second kappa shape index (κ2) is 6.50. The molecule has 29 heavy (non-hydrogen) atoms. The van der Waals surface area contributed by atoms with Crippen molar-refractivity contribution in [1.29, 1.82) is 0 Å². The van der Waals surface area contributed by atoms with E-state index < -0.39 is 13.9 Å². The Labute approximate surface area is 177 Å². The fraction of sp³-hybridized carbons (Fsp3) is 0.615. The van der Waals surface area contributed by atoms with Crippen LogP contribution in [0.2, 0.25) is 18.1 Å². The molecule has 1 fully saturated rings. The molecule has 4 rings (SSSR count). The highest BCUT2D eigenvalue weighted by molar-refractivity contribution is 6.74. The lowest BCUT2D eigenvalue weighted by Crippen LogP contribution is -2.47. The number of fused-ring (bicyclic) bond motifs is 5. The lowest BCUT2D eigenvalue weighted by molar-refractivity contribution is -0.0299. The maximum absolute atomic E-state index is 11.1. The molecule has 0 unspecified atom stereocenters. The van der Waals surface area contributed by atoms with Crippen molar-refractivity contribution in [3.8, 4) is 18.1 Å². The molecule has 156 valence electrons. The first-order chi connectivity index (χ1) is 13.4. The molecular formula is C26H36O2Si. The molecular weight excluding hydrogens is 372 g/mol. The van der Waals surface area contributed by atoms with Gasteiger partial charge < -0.3 is 9.53 Å². The van der Waals surface area contributed by atoms with E-state index in [0.29, 0.717) is 11.8 Å². The van der Waals surface area contributed by atoms with Gasteiger partial charge in [-0.25, -0.2) is 0 Å². The zero-order valence-corrected chi connectivity index (χ0v) is 19.9. The van der Waals surface area contributed by atoms with Crippen LogP contribution in [0.1, 0.15) is 64.5 Å². The largest absolute Gasteiger partial charge is 0.543 e. The molecule has 3 aliphatic rings. The highest BCUT2D eigenvalue weighted by Crippen LogP contribution is 2.62. The molecule has 0 saturated heterocycles. The number of terminal acetylenes is 1. The molecule has 1 aromatic rings. The second-order valence-electron chi connectivity index (χ2n) is 11.3. The van der Waals surface area contributed by atoms with Crippen molar-refractivity contribution in [3.05, 3.63) is 35.4 Å². The summed E-state index contributed by atoms with van der Waals surface area (Å²) in [6.07, 6.45) is 13.0. The standard InChI is InChI=1S/C26H36O2Si/c1-8-26(27)16-14-23-22-11-9-18-17-19(28-29(6,7)24(2,3)4)10-12-20(18)21(22)13-15-25(23,26)5/h1,10,12-13,17,22-23,27H,9,11,14-16H2,2-7H3/t22-,23+,25+,26+/m1/s1. The molecule has 0 heterocycles. The molecule has 3 aliphatic carbocycles. The predicted octanol–water partition coefficient (Wildman–Crippen LogP) is 6.20. The van der Waals surface area contributed by atoms with Gasteiger partial charge in [0.15, 0.2) is 0 Å². The summed E-state index contributed by atoms with van der Waals surface area (Å²) in [7, 11) is -1.83. The molecule has 2 nitrogen and oxygen atoms in total. The Bertz CT molecular complexity index is 900. The van der Waals surface area contributed by atoms with Gasteiger partial charge in [0.25, 0.3) is 0 Å². The Morgan fingerprint density at radius 2 is 1.97 bits per heavy atom. The minimum absolute atomic E-state index is 0.195. The first-order valence-corrected chi connectivity index (χ1v) is 14.1. The smallest absolute Gasteiger partial charge is 0.250 e. The van der Waals surface area contributed by atoms with Crippen molar-refractivity contribution < 1.29 is 9.53 Å². The van der Waals surface area contributed by atoms with Crippen LogP contribution in [0.15, 0.2) is 24.3 Å². The van der Waals surface area contributed by atoms with Crippen LogP contribution in [-0.4, -0.2) is 19.0 Å². The van der Waals surface area contributed by atoms with Gasteiger partial charge in [-0.3, -0.25) is 0 Å². The Morgan fingerprint density at radius 3 is 2.62 bits per heavy atom. The Kier molecular flexibility index (Phi) is 4.65. The molecule has 3 heteroatoms. The second-order valence-corrected chi connectivity index (χ2v) is 16.0. The molecule has 0 bridgehead atoms. The van der Waals surface area contributed by atoms with Gasteiger partial charge in [0.05, 0.1) is 0 Å². The number of aliphatic hydroxyl groups is 1. The highest BCUT2D eigenvalue weighted by Gasteiger charge is 2.59. The van der Waals surface area contributed by atoms with Gasteiger partial charge in [-0.2, -0.15) is 0 Å². The van der Waals surface area contributed by atoms with Crippen molar-refractivity contribution in [2.75, 3.05) is 0 Å². The lowest BCUT2D eigenvalue weighted by Gasteiger charge is -2.48. The molecule has 0 aromatic heterocycles. The van der Waals surface area contributed by atoms with Crippen LogP contribution in [0.5, 0.6) is 5.75 Å². The van der Waals surface area contributed by atoms with Crippen molar-refractivity contribution in [3.63, 3.8) is 0 Å². The van der Waals surface area contributed by atoms with Crippen LogP contribution in [-0.2, 0) is 6.42 Å². The maximum atomic E-state index is 11.1. The van der Waals surface area contributed by atoms with Crippen molar-refractivity contribution >= 4 is 13.9 Å². The number of allylic oxidation sites excluding steroid dienone is 2. The summed E-state index contributed by atoms with van der Waals surface area (Å²) in [5.74, 6) is 4.76. The van der Waals surface area contributed by atoms with Crippen LogP contribution < -0.4 is 4.43 Å². The van der Waals surface area contributed by atoms with E-state index in [9.17, 15) is 5.11 Å². The van der Waals surface area contributed by atoms with Crippen LogP contribution >= 0.6 is 0 Å². The van der Waals surface area contributed by atoms with E-state index in [4.69, 9.17) is 10.8 Å². The SMILES string of the molecule is C#C[C@]1(O)CC[C@H]2[C@@H]3CCc4cc(O[Si](C)(C)C(C)(C)C)ccc4C3=CC[C@@]21C. The van der Waals surface area contributed by atoms with E-state index >= 15 is 0 Å². The quantitative estimate of drug-likeness (QED) is 0.466. The van der Waals surface area contributed by atoms with E-state index in [1.807, 2.05) is 0 Å². The number of rotatable bonds is 2. The van der Waals surface area contributed by atoms with Gasteiger partial charge in [-0.1, -0.05) is 45.8 Å². The highest BCUT2D eigenvalue weighted by atomic mass is 28.4. The number of hydrogen-bond acceptors (Lipinski definition) is 2. The minimum Gasteiger partial charge on any atom is -0.543 e. The van der Waals surface area contributed by atoms with Crippen LogP contribution in [0.4, 0.5) is 0 Å². The lowest BCUT2D eigenvalue weighted by atomic mass is 9.57. The van der Waals surface area contributed by atoms with Crippen LogP contribution in [0, 0.1) is 29.6 Å². The topological polar surface area (TPSA) is 29.5 Å². The van der Waals surface area contributed by atoms with Gasteiger partial charge in [0.1, 0.15) is 11.4 Å². The Hall–Kier alpha value is -1.50. The molecule has 0 radical (unpaired) electrons. The normalized spacial score (nSPS) is 33.8. The summed E-state index contributed by atoms with van der Waals surface area (Å²) in [5, 5.41) is 11.3. The molecule has 0 amide bonds. The molecule has 0 aliphatic heterocycles. The fourth-order valence-electron chi connectivity index (χ4n) is 5.71. The summed E-state index contributed by atoms with van der Waals surface area (Å²) >= 11 is 0.